The van der Waals surface area contributed by atoms with Crippen LogP contribution in [-0.4, -0.2) is 41.3 Å². The zero-order chi connectivity index (χ0) is 20.6. The van der Waals surface area contributed by atoms with E-state index in [-0.39, 0.29) is 17.6 Å². The molecule has 0 saturated carbocycles. The molecule has 2 aromatic rings. The first kappa shape index (κ1) is 19.0. The number of ether oxygens (including phenoxy) is 1. The van der Waals surface area contributed by atoms with E-state index in [1.165, 1.54) is 12.1 Å². The second-order valence-electron chi connectivity index (χ2n) is 6.72. The molecule has 0 radical (unpaired) electrons. The molecule has 0 aliphatic carbocycles. The Morgan fingerprint density at radius 3 is 2.41 bits per heavy atom. The summed E-state index contributed by atoms with van der Waals surface area (Å²) in [6, 6.07) is 6.13. The molecule has 1 aromatic heterocycles. The van der Waals surface area contributed by atoms with E-state index in [1.807, 2.05) is 6.07 Å². The standard InChI is InChI=1S/C19H15F3N4O3/c20-19(21,22)29-13-3-1-12(2-4-13)17(27)26-9-6-11(7-10-26)14-5-8-23-16-15(14)24-18(28)25-16/h1-5,8,11H,6-7,9-10H2. The molecule has 3 heterocycles. The van der Waals surface area contributed by atoms with Gasteiger partial charge in [-0.15, -0.1) is 13.2 Å². The highest BCUT2D eigenvalue weighted by atomic mass is 19.4. The Morgan fingerprint density at radius 1 is 1.07 bits per heavy atom. The number of fused-ring (bicyclic) bond motifs is 1. The van der Waals surface area contributed by atoms with Gasteiger partial charge in [-0.1, -0.05) is 0 Å². The Balaban J connectivity index is 1.42. The predicted molar refractivity (Wildman–Crippen MR) is 92.9 cm³/mol. The van der Waals surface area contributed by atoms with E-state index in [0.717, 1.165) is 17.7 Å². The molecule has 0 spiro atoms. The number of aromatic nitrogens is 1. The summed E-state index contributed by atoms with van der Waals surface area (Å²) in [5.41, 5.74) is 1.51. The van der Waals surface area contributed by atoms with Gasteiger partial charge in [0.05, 0.1) is 0 Å². The Hall–Kier alpha value is -3.30. The van der Waals surface area contributed by atoms with Gasteiger partial charge >= 0.3 is 12.4 Å². The molecule has 0 atom stereocenters. The third-order valence-corrected chi connectivity index (χ3v) is 4.90. The maximum Gasteiger partial charge on any atom is 0.573 e. The fourth-order valence-corrected chi connectivity index (χ4v) is 3.57. The van der Waals surface area contributed by atoms with Gasteiger partial charge in [-0.3, -0.25) is 4.79 Å². The maximum atomic E-state index is 12.6. The quantitative estimate of drug-likeness (QED) is 0.786. The van der Waals surface area contributed by atoms with Crippen molar-refractivity contribution in [3.8, 4) is 5.75 Å². The van der Waals surface area contributed by atoms with E-state index >= 15 is 0 Å². The molecule has 7 nitrogen and oxygen atoms in total. The number of nitrogens with zero attached hydrogens (tertiary/aromatic N) is 4. The monoisotopic (exact) mass is 404 g/mol. The third kappa shape index (κ3) is 4.10. The lowest BCUT2D eigenvalue weighted by Gasteiger charge is -2.32. The normalized spacial score (nSPS) is 16.8. The molecule has 0 N–H and O–H groups in total. The first-order valence-electron chi connectivity index (χ1n) is 8.91. The summed E-state index contributed by atoms with van der Waals surface area (Å²) in [6.45, 7) is 0.957. The van der Waals surface area contributed by atoms with Gasteiger partial charge in [-0.25, -0.2) is 9.78 Å². The molecule has 150 valence electrons. The minimum Gasteiger partial charge on any atom is -0.406 e. The summed E-state index contributed by atoms with van der Waals surface area (Å²) in [4.78, 5) is 37.5. The predicted octanol–water partition coefficient (Wildman–Crippen LogP) is 2.37. The minimum absolute atomic E-state index is 0.114. The number of pyridine rings is 1. The van der Waals surface area contributed by atoms with E-state index in [0.29, 0.717) is 42.3 Å². The highest BCUT2D eigenvalue weighted by molar-refractivity contribution is 5.94. The zero-order valence-corrected chi connectivity index (χ0v) is 15.0. The van der Waals surface area contributed by atoms with Gasteiger partial charge in [0.25, 0.3) is 5.91 Å². The second-order valence-corrected chi connectivity index (χ2v) is 6.72. The van der Waals surface area contributed by atoms with Crippen molar-refractivity contribution in [2.24, 2.45) is 9.98 Å². The number of rotatable bonds is 3. The number of carbonyl (C=O) groups excluding carboxylic acids is 2. The molecule has 2 aliphatic heterocycles. The number of halogens is 3. The van der Waals surface area contributed by atoms with E-state index < -0.39 is 12.4 Å². The van der Waals surface area contributed by atoms with Crippen molar-refractivity contribution in [3.63, 3.8) is 0 Å². The first-order valence-corrected chi connectivity index (χ1v) is 8.91. The van der Waals surface area contributed by atoms with Crippen LogP contribution in [0.3, 0.4) is 0 Å². The number of hydrogen-bond acceptors (Lipinski definition) is 4. The van der Waals surface area contributed by atoms with Crippen LogP contribution in [0.5, 0.6) is 5.75 Å². The number of carbonyl (C=O) groups is 2. The summed E-state index contributed by atoms with van der Waals surface area (Å²) in [6.07, 6.45) is -1.85. The van der Waals surface area contributed by atoms with E-state index in [9.17, 15) is 22.8 Å². The fraction of sp³-hybridized carbons (Fsp3) is 0.316. The first-order chi connectivity index (χ1) is 13.8. The molecule has 2 aliphatic rings. The molecular formula is C19H15F3N4O3. The van der Waals surface area contributed by atoms with Crippen LogP contribution in [0.4, 0.5) is 18.0 Å². The van der Waals surface area contributed by atoms with Crippen LogP contribution in [0.1, 0.15) is 34.7 Å². The van der Waals surface area contributed by atoms with Crippen molar-refractivity contribution in [2.45, 2.75) is 25.1 Å². The van der Waals surface area contributed by atoms with Crippen LogP contribution >= 0.6 is 0 Å². The van der Waals surface area contributed by atoms with Gasteiger partial charge in [0, 0.05) is 24.8 Å². The molecule has 29 heavy (non-hydrogen) atoms. The summed E-state index contributed by atoms with van der Waals surface area (Å²) in [7, 11) is 0. The highest BCUT2D eigenvalue weighted by Crippen LogP contribution is 2.27. The summed E-state index contributed by atoms with van der Waals surface area (Å²) >= 11 is 0. The average molecular weight is 404 g/mol. The minimum atomic E-state index is -4.77. The molecule has 1 fully saturated rings. The Morgan fingerprint density at radius 2 is 1.76 bits per heavy atom. The van der Waals surface area contributed by atoms with Gasteiger partial charge in [0.1, 0.15) is 11.1 Å². The van der Waals surface area contributed by atoms with Crippen molar-refractivity contribution in [3.05, 3.63) is 58.5 Å². The number of benzene rings is 1. The lowest BCUT2D eigenvalue weighted by Crippen LogP contribution is -2.40. The van der Waals surface area contributed by atoms with Crippen molar-refractivity contribution in [1.29, 1.82) is 0 Å². The Labute approximate surface area is 162 Å². The van der Waals surface area contributed by atoms with Gasteiger partial charge in [0.15, 0.2) is 5.49 Å². The number of urea groups is 1. The van der Waals surface area contributed by atoms with Crippen LogP contribution in [0.15, 0.2) is 46.5 Å². The molecule has 10 heteroatoms. The number of piperidine rings is 1. The molecule has 0 unspecified atom stereocenters. The Kier molecular flexibility index (Phi) is 4.77. The maximum absolute atomic E-state index is 12.6. The van der Waals surface area contributed by atoms with Gasteiger partial charge < -0.3 is 9.64 Å². The van der Waals surface area contributed by atoms with Gasteiger partial charge in [-0.2, -0.15) is 9.98 Å². The van der Waals surface area contributed by atoms with Crippen LogP contribution in [-0.2, 0) is 0 Å². The number of alkyl halides is 3. The van der Waals surface area contributed by atoms with E-state index in [4.69, 9.17) is 0 Å². The molecule has 1 saturated heterocycles. The Bertz CT molecular complexity index is 1080. The van der Waals surface area contributed by atoms with Crippen LogP contribution in [0.2, 0.25) is 0 Å². The van der Waals surface area contributed by atoms with Crippen molar-refractivity contribution >= 4 is 11.9 Å². The smallest absolute Gasteiger partial charge is 0.406 e. The lowest BCUT2D eigenvalue weighted by atomic mass is 9.89. The van der Waals surface area contributed by atoms with Gasteiger partial charge in [-0.05, 0) is 54.7 Å². The molecule has 0 bridgehead atoms. The number of likely N-dealkylation sites (tertiary alicyclic amines) is 1. The van der Waals surface area contributed by atoms with Crippen molar-refractivity contribution in [1.82, 2.24) is 9.88 Å². The second kappa shape index (κ2) is 7.26. The van der Waals surface area contributed by atoms with E-state index in [1.54, 1.807) is 11.1 Å². The fourth-order valence-electron chi connectivity index (χ4n) is 3.57. The van der Waals surface area contributed by atoms with Crippen LogP contribution in [0, 0.1) is 0 Å². The molecular weight excluding hydrogens is 389 g/mol. The summed E-state index contributed by atoms with van der Waals surface area (Å²) in [5, 5.41) is 0.502. The van der Waals surface area contributed by atoms with Crippen LogP contribution in [0.25, 0.3) is 0 Å². The third-order valence-electron chi connectivity index (χ3n) is 4.90. The number of hydrogen-bond donors (Lipinski definition) is 0. The molecule has 4 rings (SSSR count). The average Bonchev–Trinajstić information content (AvgIpc) is 3.07. The van der Waals surface area contributed by atoms with Crippen molar-refractivity contribution in [2.75, 3.05) is 13.1 Å². The summed E-state index contributed by atoms with van der Waals surface area (Å²) < 4.78 is 40.5. The highest BCUT2D eigenvalue weighted by Gasteiger charge is 2.31. The molecule has 1 aromatic carbocycles. The van der Waals surface area contributed by atoms with Crippen molar-refractivity contribution < 1.29 is 27.5 Å². The van der Waals surface area contributed by atoms with E-state index in [2.05, 4.69) is 19.7 Å². The van der Waals surface area contributed by atoms with Crippen LogP contribution < -0.4 is 15.6 Å². The topological polar surface area (TPSA) is 84.2 Å². The largest absolute Gasteiger partial charge is 0.573 e. The SMILES string of the molecule is O=C1N=c2nccc(C3CCN(C(=O)c4ccc(OC(F)(F)F)cc4)CC3)c2=N1. The van der Waals surface area contributed by atoms with Gasteiger partial charge in [0.2, 0.25) is 0 Å². The summed E-state index contributed by atoms with van der Waals surface area (Å²) in [5.74, 6) is -0.511. The molecule has 3 amide bonds. The lowest BCUT2D eigenvalue weighted by molar-refractivity contribution is -0.274. The number of amides is 3. The zero-order valence-electron chi connectivity index (χ0n) is 15.0.